The normalized spacial score (nSPS) is 10.3. The van der Waals surface area contributed by atoms with E-state index in [1.165, 1.54) is 30.0 Å². The van der Waals surface area contributed by atoms with Crippen LogP contribution in [0.4, 0.5) is 5.69 Å². The van der Waals surface area contributed by atoms with Crippen molar-refractivity contribution in [1.82, 2.24) is 0 Å². The van der Waals surface area contributed by atoms with E-state index in [0.29, 0.717) is 16.3 Å². The van der Waals surface area contributed by atoms with E-state index in [1.807, 2.05) is 12.1 Å². The highest BCUT2D eigenvalue weighted by Crippen LogP contribution is 2.18. The number of nitro benzene ring substituents is 1. The zero-order chi connectivity index (χ0) is 15.2. The lowest BCUT2D eigenvalue weighted by Gasteiger charge is -2.02. The molecule has 108 valence electrons. The minimum Gasteiger partial charge on any atom is -0.293 e. The Hall–Kier alpha value is -1.85. The number of benzene rings is 2. The summed E-state index contributed by atoms with van der Waals surface area (Å²) in [5, 5.41) is 11.4. The van der Waals surface area contributed by atoms with Gasteiger partial charge in [0, 0.05) is 28.5 Å². The topological polar surface area (TPSA) is 60.2 Å². The Morgan fingerprint density at radius 1 is 1.19 bits per heavy atom. The van der Waals surface area contributed by atoms with Crippen LogP contribution in [-0.2, 0) is 5.75 Å². The summed E-state index contributed by atoms with van der Waals surface area (Å²) >= 11 is 7.27. The van der Waals surface area contributed by atoms with Gasteiger partial charge >= 0.3 is 0 Å². The van der Waals surface area contributed by atoms with Gasteiger partial charge in [-0.3, -0.25) is 14.9 Å². The highest BCUT2D eigenvalue weighted by molar-refractivity contribution is 7.99. The zero-order valence-corrected chi connectivity index (χ0v) is 12.6. The number of ketones is 1. The Labute approximate surface area is 131 Å². The number of Topliss-reactive ketones (excluding diaryl/α,β-unsaturated/α-hetero) is 1. The van der Waals surface area contributed by atoms with E-state index < -0.39 is 4.92 Å². The molecular formula is C15H12ClNO3S. The first-order valence-corrected chi connectivity index (χ1v) is 7.69. The van der Waals surface area contributed by atoms with Gasteiger partial charge in [-0.2, -0.15) is 0 Å². The van der Waals surface area contributed by atoms with Gasteiger partial charge in [-0.15, -0.1) is 11.8 Å². The largest absolute Gasteiger partial charge is 0.293 e. The number of carbonyl (C=O) groups is 1. The summed E-state index contributed by atoms with van der Waals surface area (Å²) in [7, 11) is 0. The van der Waals surface area contributed by atoms with E-state index in [0.717, 1.165) is 5.56 Å². The molecule has 0 aliphatic rings. The van der Waals surface area contributed by atoms with Crippen LogP contribution in [-0.4, -0.2) is 16.5 Å². The van der Waals surface area contributed by atoms with Gasteiger partial charge in [-0.05, 0) is 17.7 Å². The summed E-state index contributed by atoms with van der Waals surface area (Å²) in [5.41, 5.74) is 1.38. The molecule has 0 N–H and O–H groups in total. The standard InChI is InChI=1S/C15H12ClNO3S/c16-13-6-4-11(5-7-13)9-21-10-15(18)12-2-1-3-14(8-12)17(19)20/h1-8H,9-10H2. The Bertz CT molecular complexity index is 658. The molecule has 0 aromatic heterocycles. The lowest BCUT2D eigenvalue weighted by atomic mass is 10.1. The van der Waals surface area contributed by atoms with Crippen LogP contribution >= 0.6 is 23.4 Å². The Kier molecular flexibility index (Phi) is 5.36. The van der Waals surface area contributed by atoms with Crippen molar-refractivity contribution in [2.75, 3.05) is 5.75 Å². The van der Waals surface area contributed by atoms with E-state index in [2.05, 4.69) is 0 Å². The lowest BCUT2D eigenvalue weighted by Crippen LogP contribution is -2.03. The molecule has 0 amide bonds. The highest BCUT2D eigenvalue weighted by atomic mass is 35.5. The van der Waals surface area contributed by atoms with Crippen molar-refractivity contribution in [3.63, 3.8) is 0 Å². The summed E-state index contributed by atoms with van der Waals surface area (Å²) in [6.07, 6.45) is 0. The first-order chi connectivity index (χ1) is 10.1. The molecule has 0 fully saturated rings. The molecular weight excluding hydrogens is 310 g/mol. The molecule has 0 unspecified atom stereocenters. The predicted octanol–water partition coefficient (Wildman–Crippen LogP) is 4.36. The summed E-state index contributed by atoms with van der Waals surface area (Å²) in [6, 6.07) is 13.2. The van der Waals surface area contributed by atoms with Crippen LogP contribution in [0.5, 0.6) is 0 Å². The molecule has 2 aromatic carbocycles. The van der Waals surface area contributed by atoms with Crippen molar-refractivity contribution in [2.45, 2.75) is 5.75 Å². The second-order valence-corrected chi connectivity index (χ2v) is 5.77. The fourth-order valence-electron chi connectivity index (χ4n) is 1.72. The Balaban J connectivity index is 1.91. The third-order valence-electron chi connectivity index (χ3n) is 2.79. The van der Waals surface area contributed by atoms with Gasteiger partial charge in [0.15, 0.2) is 5.78 Å². The van der Waals surface area contributed by atoms with Crippen LogP contribution in [0, 0.1) is 10.1 Å². The van der Waals surface area contributed by atoms with E-state index in [4.69, 9.17) is 11.6 Å². The van der Waals surface area contributed by atoms with Crippen LogP contribution in [0.1, 0.15) is 15.9 Å². The Morgan fingerprint density at radius 3 is 2.57 bits per heavy atom. The fraction of sp³-hybridized carbons (Fsp3) is 0.133. The van der Waals surface area contributed by atoms with E-state index in [-0.39, 0.29) is 17.2 Å². The second kappa shape index (κ2) is 7.24. The van der Waals surface area contributed by atoms with Crippen LogP contribution in [0.3, 0.4) is 0 Å². The SMILES string of the molecule is O=C(CSCc1ccc(Cl)cc1)c1cccc([N+](=O)[O-])c1. The zero-order valence-electron chi connectivity index (χ0n) is 11.0. The number of nitro groups is 1. The number of thioether (sulfide) groups is 1. The third kappa shape index (κ3) is 4.58. The second-order valence-electron chi connectivity index (χ2n) is 4.35. The third-order valence-corrected chi connectivity index (χ3v) is 4.05. The first kappa shape index (κ1) is 15.5. The van der Waals surface area contributed by atoms with Gasteiger partial charge in [0.25, 0.3) is 5.69 Å². The molecule has 0 atom stereocenters. The molecule has 4 nitrogen and oxygen atoms in total. The summed E-state index contributed by atoms with van der Waals surface area (Å²) in [5.74, 6) is 0.861. The molecule has 2 aromatic rings. The Morgan fingerprint density at radius 2 is 1.90 bits per heavy atom. The molecule has 0 aliphatic carbocycles. The highest BCUT2D eigenvalue weighted by Gasteiger charge is 2.11. The molecule has 0 saturated heterocycles. The van der Waals surface area contributed by atoms with Crippen LogP contribution in [0.15, 0.2) is 48.5 Å². The number of rotatable bonds is 6. The minimum atomic E-state index is -0.502. The summed E-state index contributed by atoms with van der Waals surface area (Å²) in [6.45, 7) is 0. The van der Waals surface area contributed by atoms with Crippen molar-refractivity contribution < 1.29 is 9.72 Å². The fourth-order valence-corrected chi connectivity index (χ4v) is 2.73. The molecule has 0 bridgehead atoms. The predicted molar refractivity (Wildman–Crippen MR) is 85.0 cm³/mol. The smallest absolute Gasteiger partial charge is 0.270 e. The molecule has 0 saturated carbocycles. The summed E-state index contributed by atoms with van der Waals surface area (Å²) < 4.78 is 0. The van der Waals surface area contributed by atoms with Crippen LogP contribution < -0.4 is 0 Å². The molecule has 0 heterocycles. The van der Waals surface area contributed by atoms with Crippen LogP contribution in [0.25, 0.3) is 0 Å². The van der Waals surface area contributed by atoms with Gasteiger partial charge in [0.2, 0.25) is 0 Å². The first-order valence-electron chi connectivity index (χ1n) is 6.16. The minimum absolute atomic E-state index is 0.0662. The maximum atomic E-state index is 12.0. The number of nitrogens with zero attached hydrogens (tertiary/aromatic N) is 1. The average Bonchev–Trinajstić information content (AvgIpc) is 2.49. The van der Waals surface area contributed by atoms with Crippen molar-refractivity contribution in [3.8, 4) is 0 Å². The number of carbonyl (C=O) groups excluding carboxylic acids is 1. The molecule has 0 aliphatic heterocycles. The quantitative estimate of drug-likeness (QED) is 0.450. The van der Waals surface area contributed by atoms with Gasteiger partial charge in [0.05, 0.1) is 10.7 Å². The van der Waals surface area contributed by atoms with Gasteiger partial charge in [0.1, 0.15) is 0 Å². The molecule has 6 heteroatoms. The van der Waals surface area contributed by atoms with Crippen molar-refractivity contribution in [3.05, 3.63) is 74.8 Å². The van der Waals surface area contributed by atoms with E-state index >= 15 is 0 Å². The van der Waals surface area contributed by atoms with Crippen molar-refractivity contribution in [1.29, 1.82) is 0 Å². The number of halogens is 1. The maximum absolute atomic E-state index is 12.0. The van der Waals surface area contributed by atoms with E-state index in [1.54, 1.807) is 18.2 Å². The molecule has 0 spiro atoms. The summed E-state index contributed by atoms with van der Waals surface area (Å²) in [4.78, 5) is 22.2. The lowest BCUT2D eigenvalue weighted by molar-refractivity contribution is -0.384. The van der Waals surface area contributed by atoms with Crippen molar-refractivity contribution in [2.24, 2.45) is 0 Å². The number of hydrogen-bond acceptors (Lipinski definition) is 4. The molecule has 2 rings (SSSR count). The molecule has 0 radical (unpaired) electrons. The molecule has 21 heavy (non-hydrogen) atoms. The monoisotopic (exact) mass is 321 g/mol. The van der Waals surface area contributed by atoms with Gasteiger partial charge in [-0.25, -0.2) is 0 Å². The van der Waals surface area contributed by atoms with Gasteiger partial charge < -0.3 is 0 Å². The van der Waals surface area contributed by atoms with E-state index in [9.17, 15) is 14.9 Å². The maximum Gasteiger partial charge on any atom is 0.270 e. The van der Waals surface area contributed by atoms with Gasteiger partial charge in [-0.1, -0.05) is 35.9 Å². The average molecular weight is 322 g/mol. The number of non-ortho nitro benzene ring substituents is 1. The van der Waals surface area contributed by atoms with Crippen LogP contribution in [0.2, 0.25) is 5.02 Å². The number of hydrogen-bond donors (Lipinski definition) is 0. The van der Waals surface area contributed by atoms with Crippen molar-refractivity contribution >= 4 is 34.8 Å².